The molecule has 1 aromatic rings. The van der Waals surface area contributed by atoms with Crippen LogP contribution in [0.4, 0.5) is 5.82 Å². The zero-order chi connectivity index (χ0) is 13.3. The Morgan fingerprint density at radius 1 is 1.61 bits per heavy atom. The van der Waals surface area contributed by atoms with Crippen LogP contribution in [0.5, 0.6) is 0 Å². The maximum atomic E-state index is 11.4. The number of carboxylic acid groups (broad SMARTS) is 1. The quantitative estimate of drug-likeness (QED) is 0.846. The van der Waals surface area contributed by atoms with Crippen LogP contribution < -0.4 is 5.32 Å². The molecule has 5 heteroatoms. The highest BCUT2D eigenvalue weighted by Gasteiger charge is 2.47. The number of hydrogen-bond donors (Lipinski definition) is 2. The number of nitrogens with one attached hydrogen (secondary N) is 1. The van der Waals surface area contributed by atoms with Crippen LogP contribution in [-0.4, -0.2) is 21.6 Å². The van der Waals surface area contributed by atoms with Gasteiger partial charge in [0.1, 0.15) is 11.4 Å². The lowest BCUT2D eigenvalue weighted by Gasteiger charge is -2.26. The fraction of sp³-hybridized carbons (Fsp3) is 0.462. The molecule has 0 aromatic carbocycles. The number of anilines is 1. The third kappa shape index (κ3) is 2.28. The van der Waals surface area contributed by atoms with Crippen molar-refractivity contribution < 1.29 is 9.90 Å². The number of aliphatic carboxylic acids is 1. The Hall–Kier alpha value is -2.09. The maximum absolute atomic E-state index is 11.4. The van der Waals surface area contributed by atoms with Crippen molar-refractivity contribution in [3.05, 3.63) is 23.4 Å². The van der Waals surface area contributed by atoms with Gasteiger partial charge in [0.2, 0.25) is 0 Å². The van der Waals surface area contributed by atoms with Gasteiger partial charge in [-0.25, -0.2) is 9.78 Å². The lowest BCUT2D eigenvalue weighted by Crippen LogP contribution is -2.45. The van der Waals surface area contributed by atoms with Gasteiger partial charge in [0.15, 0.2) is 0 Å². The second kappa shape index (κ2) is 4.30. The zero-order valence-electron chi connectivity index (χ0n) is 10.4. The number of carboxylic acids is 1. The average molecular weight is 245 g/mol. The molecule has 1 unspecified atom stereocenters. The first-order valence-corrected chi connectivity index (χ1v) is 5.86. The third-order valence-corrected chi connectivity index (χ3v) is 3.31. The molecule has 1 heterocycles. The number of carbonyl (C=O) groups is 1. The molecule has 0 saturated heterocycles. The summed E-state index contributed by atoms with van der Waals surface area (Å²) >= 11 is 0. The first-order valence-electron chi connectivity index (χ1n) is 5.86. The Kier molecular flexibility index (Phi) is 2.95. The summed E-state index contributed by atoms with van der Waals surface area (Å²) in [4.78, 5) is 15.6. The number of rotatable bonds is 4. The van der Waals surface area contributed by atoms with E-state index in [1.165, 1.54) is 0 Å². The molecule has 1 atom stereocenters. The van der Waals surface area contributed by atoms with Gasteiger partial charge in [-0.2, -0.15) is 5.26 Å². The van der Waals surface area contributed by atoms with E-state index in [4.69, 9.17) is 5.26 Å². The molecule has 1 saturated carbocycles. The van der Waals surface area contributed by atoms with Crippen LogP contribution in [0.25, 0.3) is 0 Å². The number of nitrogens with zero attached hydrogens (tertiary/aromatic N) is 2. The SMILES string of the molecule is Cc1cc(C#N)cc(NC(C)(C(=O)O)C2CC2)n1. The van der Waals surface area contributed by atoms with Gasteiger partial charge >= 0.3 is 5.97 Å². The highest BCUT2D eigenvalue weighted by Crippen LogP contribution is 2.41. The Balaban J connectivity index is 2.30. The van der Waals surface area contributed by atoms with Gasteiger partial charge in [0.05, 0.1) is 11.6 Å². The molecule has 1 aromatic heterocycles. The van der Waals surface area contributed by atoms with Crippen LogP contribution in [-0.2, 0) is 4.79 Å². The van der Waals surface area contributed by atoms with E-state index >= 15 is 0 Å². The zero-order valence-corrected chi connectivity index (χ0v) is 10.4. The van der Waals surface area contributed by atoms with Crippen molar-refractivity contribution in [2.45, 2.75) is 32.2 Å². The van der Waals surface area contributed by atoms with Gasteiger partial charge in [0.25, 0.3) is 0 Å². The number of pyridine rings is 1. The van der Waals surface area contributed by atoms with Crippen molar-refractivity contribution in [1.29, 1.82) is 5.26 Å². The highest BCUT2D eigenvalue weighted by atomic mass is 16.4. The predicted molar refractivity (Wildman–Crippen MR) is 66.1 cm³/mol. The fourth-order valence-electron chi connectivity index (χ4n) is 2.05. The van der Waals surface area contributed by atoms with Crippen molar-refractivity contribution in [3.63, 3.8) is 0 Å². The molecule has 0 spiro atoms. The number of nitriles is 1. The third-order valence-electron chi connectivity index (χ3n) is 3.31. The van der Waals surface area contributed by atoms with Gasteiger partial charge in [0, 0.05) is 5.69 Å². The molecule has 1 aliphatic carbocycles. The van der Waals surface area contributed by atoms with Crippen molar-refractivity contribution in [3.8, 4) is 6.07 Å². The lowest BCUT2D eigenvalue weighted by atomic mass is 9.96. The van der Waals surface area contributed by atoms with Crippen molar-refractivity contribution in [2.24, 2.45) is 5.92 Å². The summed E-state index contributed by atoms with van der Waals surface area (Å²) in [6.45, 7) is 3.45. The van der Waals surface area contributed by atoms with Crippen molar-refractivity contribution >= 4 is 11.8 Å². The van der Waals surface area contributed by atoms with Gasteiger partial charge in [-0.05, 0) is 44.7 Å². The summed E-state index contributed by atoms with van der Waals surface area (Å²) in [5.41, 5.74) is 0.168. The number of hydrogen-bond acceptors (Lipinski definition) is 4. The molecule has 1 aliphatic rings. The Bertz CT molecular complexity index is 532. The molecular formula is C13H15N3O2. The number of aryl methyl sites for hydroxylation is 1. The van der Waals surface area contributed by atoms with Crippen LogP contribution in [0.3, 0.4) is 0 Å². The second-order valence-corrected chi connectivity index (χ2v) is 4.90. The Morgan fingerprint density at radius 3 is 2.78 bits per heavy atom. The minimum absolute atomic E-state index is 0.128. The van der Waals surface area contributed by atoms with E-state index < -0.39 is 11.5 Å². The van der Waals surface area contributed by atoms with E-state index in [0.717, 1.165) is 12.8 Å². The first kappa shape index (κ1) is 12.4. The molecule has 2 N–H and O–H groups in total. The fourth-order valence-corrected chi connectivity index (χ4v) is 2.05. The van der Waals surface area contributed by atoms with Gasteiger partial charge in [-0.1, -0.05) is 0 Å². The van der Waals surface area contributed by atoms with E-state index in [-0.39, 0.29) is 5.92 Å². The Morgan fingerprint density at radius 2 is 2.28 bits per heavy atom. The molecule has 5 nitrogen and oxygen atoms in total. The summed E-state index contributed by atoms with van der Waals surface area (Å²) in [5.74, 6) is -0.307. The summed E-state index contributed by atoms with van der Waals surface area (Å²) < 4.78 is 0. The summed E-state index contributed by atoms with van der Waals surface area (Å²) in [6, 6.07) is 5.29. The molecule has 0 radical (unpaired) electrons. The average Bonchev–Trinajstić information content (AvgIpc) is 3.11. The van der Waals surface area contributed by atoms with Crippen molar-refractivity contribution in [2.75, 3.05) is 5.32 Å². The second-order valence-electron chi connectivity index (χ2n) is 4.90. The van der Waals surface area contributed by atoms with Gasteiger partial charge < -0.3 is 10.4 Å². The maximum Gasteiger partial charge on any atom is 0.329 e. The standard InChI is InChI=1S/C13H15N3O2/c1-8-5-9(7-14)6-11(15-8)16-13(2,12(17)18)10-3-4-10/h5-6,10H,3-4H2,1-2H3,(H,15,16)(H,17,18). The molecule has 2 rings (SSSR count). The van der Waals surface area contributed by atoms with Gasteiger partial charge in [-0.15, -0.1) is 0 Å². The first-order chi connectivity index (χ1) is 8.45. The molecule has 0 bridgehead atoms. The monoisotopic (exact) mass is 245 g/mol. The minimum Gasteiger partial charge on any atom is -0.480 e. The normalized spacial score (nSPS) is 17.6. The van der Waals surface area contributed by atoms with Crippen LogP contribution in [0.15, 0.2) is 12.1 Å². The Labute approximate surface area is 105 Å². The van der Waals surface area contributed by atoms with E-state index in [1.54, 1.807) is 26.0 Å². The predicted octanol–water partition coefficient (Wildman–Crippen LogP) is 1.93. The largest absolute Gasteiger partial charge is 0.480 e. The highest BCUT2D eigenvalue weighted by molar-refractivity contribution is 5.83. The van der Waals surface area contributed by atoms with Gasteiger partial charge in [-0.3, -0.25) is 0 Å². The molecule has 18 heavy (non-hydrogen) atoms. The summed E-state index contributed by atoms with van der Waals surface area (Å²) in [6.07, 6.45) is 1.82. The van der Waals surface area contributed by atoms with Crippen LogP contribution >= 0.6 is 0 Å². The summed E-state index contributed by atoms with van der Waals surface area (Å²) in [5, 5.41) is 21.2. The molecule has 0 amide bonds. The van der Waals surface area contributed by atoms with E-state index in [2.05, 4.69) is 10.3 Å². The van der Waals surface area contributed by atoms with E-state index in [0.29, 0.717) is 17.1 Å². The molecule has 0 aliphatic heterocycles. The van der Waals surface area contributed by atoms with E-state index in [9.17, 15) is 9.90 Å². The molecular weight excluding hydrogens is 230 g/mol. The van der Waals surface area contributed by atoms with Crippen LogP contribution in [0, 0.1) is 24.2 Å². The van der Waals surface area contributed by atoms with E-state index in [1.807, 2.05) is 6.07 Å². The number of aromatic nitrogens is 1. The molecule has 94 valence electrons. The molecule has 1 fully saturated rings. The lowest BCUT2D eigenvalue weighted by molar-refractivity contribution is -0.142. The minimum atomic E-state index is -1.01. The summed E-state index contributed by atoms with van der Waals surface area (Å²) in [7, 11) is 0. The van der Waals surface area contributed by atoms with Crippen molar-refractivity contribution in [1.82, 2.24) is 4.98 Å². The van der Waals surface area contributed by atoms with Crippen LogP contribution in [0.1, 0.15) is 31.0 Å². The van der Waals surface area contributed by atoms with Crippen LogP contribution in [0.2, 0.25) is 0 Å². The smallest absolute Gasteiger partial charge is 0.329 e. The topological polar surface area (TPSA) is 86.0 Å².